The number of aromatic amines is 1. The fraction of sp³-hybridized carbons (Fsp3) is 0.200. The number of methoxy groups -OCH3 is 1. The number of aromatic nitrogens is 2. The van der Waals surface area contributed by atoms with Crippen molar-refractivity contribution in [3.05, 3.63) is 70.1 Å². The van der Waals surface area contributed by atoms with E-state index < -0.39 is 17.9 Å². The van der Waals surface area contributed by atoms with Gasteiger partial charge in [-0.25, -0.2) is 9.89 Å². The molecule has 0 aliphatic carbocycles. The van der Waals surface area contributed by atoms with Crippen LogP contribution >= 0.6 is 0 Å². The van der Waals surface area contributed by atoms with Crippen LogP contribution in [0.15, 0.2) is 53.3 Å². The first-order valence-electron chi connectivity index (χ1n) is 8.59. The lowest BCUT2D eigenvalue weighted by atomic mass is 10.0. The van der Waals surface area contributed by atoms with Crippen molar-refractivity contribution >= 4 is 22.6 Å². The molecule has 0 aliphatic heterocycles. The van der Waals surface area contributed by atoms with Crippen LogP contribution in [0.3, 0.4) is 0 Å². The first-order valence-corrected chi connectivity index (χ1v) is 8.59. The van der Waals surface area contributed by atoms with Gasteiger partial charge < -0.3 is 15.2 Å². The number of carbonyl (C=O) groups is 2. The molecule has 144 valence electrons. The molecule has 1 aromatic heterocycles. The Morgan fingerprint density at radius 1 is 1.14 bits per heavy atom. The number of hydrogen-bond donors (Lipinski definition) is 3. The van der Waals surface area contributed by atoms with Crippen LogP contribution in [-0.4, -0.2) is 40.3 Å². The lowest BCUT2D eigenvalue weighted by Gasteiger charge is -2.17. The van der Waals surface area contributed by atoms with Gasteiger partial charge in [-0.2, -0.15) is 5.10 Å². The van der Waals surface area contributed by atoms with E-state index in [1.165, 1.54) is 19.2 Å². The van der Waals surface area contributed by atoms with Crippen LogP contribution in [0.4, 0.5) is 0 Å². The third-order valence-electron chi connectivity index (χ3n) is 4.30. The summed E-state index contributed by atoms with van der Waals surface area (Å²) in [5.74, 6) is -0.905. The van der Waals surface area contributed by atoms with Gasteiger partial charge in [-0.05, 0) is 23.8 Å². The Labute approximate surface area is 160 Å². The van der Waals surface area contributed by atoms with Crippen LogP contribution in [0.5, 0.6) is 5.75 Å². The summed E-state index contributed by atoms with van der Waals surface area (Å²) in [6.45, 7) is 0. The molecule has 8 nitrogen and oxygen atoms in total. The van der Waals surface area contributed by atoms with E-state index in [2.05, 4.69) is 15.5 Å². The Morgan fingerprint density at radius 3 is 2.50 bits per heavy atom. The molecule has 1 unspecified atom stereocenters. The number of phenols is 1. The second-order valence-corrected chi connectivity index (χ2v) is 6.24. The zero-order valence-corrected chi connectivity index (χ0v) is 15.1. The van der Waals surface area contributed by atoms with Gasteiger partial charge in [0.05, 0.1) is 24.6 Å². The van der Waals surface area contributed by atoms with Crippen LogP contribution in [0.25, 0.3) is 10.8 Å². The van der Waals surface area contributed by atoms with Gasteiger partial charge in [0.2, 0.25) is 5.91 Å². The normalized spacial score (nSPS) is 11.8. The van der Waals surface area contributed by atoms with Gasteiger partial charge >= 0.3 is 5.97 Å². The van der Waals surface area contributed by atoms with Gasteiger partial charge in [-0.1, -0.05) is 30.3 Å². The average Bonchev–Trinajstić information content (AvgIpc) is 2.71. The lowest BCUT2D eigenvalue weighted by Crippen LogP contribution is -2.43. The minimum Gasteiger partial charge on any atom is -0.508 e. The molecule has 3 N–H and O–H groups in total. The summed E-state index contributed by atoms with van der Waals surface area (Å²) in [5, 5.41) is 19.4. The van der Waals surface area contributed by atoms with Gasteiger partial charge in [0.25, 0.3) is 5.56 Å². The predicted octanol–water partition coefficient (Wildman–Crippen LogP) is 1.07. The van der Waals surface area contributed by atoms with E-state index in [4.69, 9.17) is 4.74 Å². The van der Waals surface area contributed by atoms with Crippen LogP contribution in [0, 0.1) is 0 Å². The second kappa shape index (κ2) is 8.34. The highest BCUT2D eigenvalue weighted by Gasteiger charge is 2.23. The third-order valence-corrected chi connectivity index (χ3v) is 4.30. The summed E-state index contributed by atoms with van der Waals surface area (Å²) < 4.78 is 4.78. The van der Waals surface area contributed by atoms with Crippen molar-refractivity contribution in [2.75, 3.05) is 7.11 Å². The summed E-state index contributed by atoms with van der Waals surface area (Å²) in [6.07, 6.45) is 0.0961. The Hall–Kier alpha value is -3.68. The summed E-state index contributed by atoms with van der Waals surface area (Å²) in [6, 6.07) is 12.3. The topological polar surface area (TPSA) is 121 Å². The van der Waals surface area contributed by atoms with Crippen LogP contribution < -0.4 is 10.9 Å². The Bertz CT molecular complexity index is 1060. The molecule has 0 saturated heterocycles. The Kier molecular flexibility index (Phi) is 5.69. The second-order valence-electron chi connectivity index (χ2n) is 6.24. The molecule has 0 aliphatic rings. The van der Waals surface area contributed by atoms with E-state index in [0.29, 0.717) is 16.5 Å². The molecule has 3 aromatic rings. The number of fused-ring (bicyclic) bond motifs is 1. The SMILES string of the molecule is COC(=O)C(Cc1ccc(O)cc1)NC(=O)Cc1n[nH]c(=O)c2ccccc12. The van der Waals surface area contributed by atoms with Crippen LogP contribution in [0.2, 0.25) is 0 Å². The van der Waals surface area contributed by atoms with Crippen molar-refractivity contribution in [2.45, 2.75) is 18.9 Å². The van der Waals surface area contributed by atoms with Crippen molar-refractivity contribution in [1.82, 2.24) is 15.5 Å². The average molecular weight is 381 g/mol. The number of aromatic hydroxyl groups is 1. The maximum Gasteiger partial charge on any atom is 0.328 e. The zero-order valence-electron chi connectivity index (χ0n) is 15.1. The van der Waals surface area contributed by atoms with Gasteiger partial charge in [-0.3, -0.25) is 9.59 Å². The maximum atomic E-state index is 12.5. The Balaban J connectivity index is 1.77. The quantitative estimate of drug-likeness (QED) is 0.549. The Morgan fingerprint density at radius 2 is 1.82 bits per heavy atom. The summed E-state index contributed by atoms with van der Waals surface area (Å²) in [7, 11) is 1.25. The van der Waals surface area contributed by atoms with E-state index in [9.17, 15) is 19.5 Å². The highest BCUT2D eigenvalue weighted by molar-refractivity contribution is 5.90. The van der Waals surface area contributed by atoms with Crippen molar-refractivity contribution < 1.29 is 19.4 Å². The fourth-order valence-corrected chi connectivity index (χ4v) is 2.91. The zero-order chi connectivity index (χ0) is 20.1. The first-order chi connectivity index (χ1) is 13.5. The molecule has 8 heteroatoms. The summed E-state index contributed by atoms with van der Waals surface area (Å²) >= 11 is 0. The molecular weight excluding hydrogens is 362 g/mol. The van der Waals surface area contributed by atoms with E-state index in [-0.39, 0.29) is 24.2 Å². The van der Waals surface area contributed by atoms with Crippen LogP contribution in [0.1, 0.15) is 11.3 Å². The minimum absolute atomic E-state index is 0.110. The molecule has 0 fully saturated rings. The van der Waals surface area contributed by atoms with Crippen molar-refractivity contribution in [1.29, 1.82) is 0 Å². The molecule has 0 radical (unpaired) electrons. The summed E-state index contributed by atoms with van der Waals surface area (Å²) in [4.78, 5) is 36.5. The number of nitrogens with one attached hydrogen (secondary N) is 2. The van der Waals surface area contributed by atoms with Crippen molar-refractivity contribution in [2.24, 2.45) is 0 Å². The van der Waals surface area contributed by atoms with E-state index in [0.717, 1.165) is 5.56 Å². The predicted molar refractivity (Wildman–Crippen MR) is 102 cm³/mol. The monoisotopic (exact) mass is 381 g/mol. The van der Waals surface area contributed by atoms with E-state index in [1.807, 2.05) is 0 Å². The highest BCUT2D eigenvalue weighted by Crippen LogP contribution is 2.14. The maximum absolute atomic E-state index is 12.5. The van der Waals surface area contributed by atoms with E-state index in [1.54, 1.807) is 36.4 Å². The number of amides is 1. The van der Waals surface area contributed by atoms with Gasteiger partial charge in [0, 0.05) is 11.8 Å². The van der Waals surface area contributed by atoms with E-state index >= 15 is 0 Å². The number of phenolic OH excluding ortho intramolecular Hbond substituents is 1. The standard InChI is InChI=1S/C20H19N3O5/c1-28-20(27)17(10-12-6-8-13(24)9-7-12)21-18(25)11-16-14-4-2-3-5-15(14)19(26)23-22-16/h2-9,17,24H,10-11H2,1H3,(H,21,25)(H,23,26). The molecule has 0 bridgehead atoms. The first kappa shape index (κ1) is 19.1. The van der Waals surface area contributed by atoms with Crippen molar-refractivity contribution in [3.8, 4) is 5.75 Å². The van der Waals surface area contributed by atoms with Crippen molar-refractivity contribution in [3.63, 3.8) is 0 Å². The molecule has 0 saturated carbocycles. The van der Waals surface area contributed by atoms with Crippen LogP contribution in [-0.2, 0) is 27.2 Å². The number of H-pyrrole nitrogens is 1. The number of rotatable bonds is 6. The van der Waals surface area contributed by atoms with Gasteiger partial charge in [0.15, 0.2) is 0 Å². The minimum atomic E-state index is -0.893. The number of hydrogen-bond acceptors (Lipinski definition) is 6. The lowest BCUT2D eigenvalue weighted by molar-refractivity contribution is -0.145. The molecule has 1 amide bonds. The molecule has 1 atom stereocenters. The molecule has 28 heavy (non-hydrogen) atoms. The highest BCUT2D eigenvalue weighted by atomic mass is 16.5. The molecule has 2 aromatic carbocycles. The number of nitrogens with zero attached hydrogens (tertiary/aromatic N) is 1. The number of ether oxygens (including phenoxy) is 1. The third kappa shape index (κ3) is 4.35. The summed E-state index contributed by atoms with van der Waals surface area (Å²) in [5.41, 5.74) is 0.821. The number of benzene rings is 2. The number of esters is 1. The molecular formula is C20H19N3O5. The molecule has 3 rings (SSSR count). The smallest absolute Gasteiger partial charge is 0.328 e. The van der Waals surface area contributed by atoms with Gasteiger partial charge in [0.1, 0.15) is 11.8 Å². The fourth-order valence-electron chi connectivity index (χ4n) is 2.91. The largest absolute Gasteiger partial charge is 0.508 e. The number of carbonyl (C=O) groups excluding carboxylic acids is 2. The molecule has 1 heterocycles. The molecule has 0 spiro atoms. The van der Waals surface area contributed by atoms with Gasteiger partial charge in [-0.15, -0.1) is 0 Å².